The van der Waals surface area contributed by atoms with Gasteiger partial charge < -0.3 is 4.74 Å². The van der Waals surface area contributed by atoms with E-state index in [1.54, 1.807) is 18.2 Å². The number of Topliss-reactive ketones (excluding diaryl/α,β-unsaturated/α-hetero) is 1. The number of likely N-dealkylation sites (tertiary alicyclic amines) is 2. The summed E-state index contributed by atoms with van der Waals surface area (Å²) < 4.78 is 45.3. The van der Waals surface area contributed by atoms with E-state index >= 15 is 0 Å². The minimum atomic E-state index is -4.35. The molecule has 0 unspecified atom stereocenters. The van der Waals surface area contributed by atoms with Crippen molar-refractivity contribution in [1.29, 1.82) is 0 Å². The highest BCUT2D eigenvalue weighted by molar-refractivity contribution is 6.37. The maximum absolute atomic E-state index is 13.1. The van der Waals surface area contributed by atoms with Crippen LogP contribution in [0.25, 0.3) is 0 Å². The number of nitrogens with zero attached hydrogens (tertiary/aromatic N) is 2. The summed E-state index contributed by atoms with van der Waals surface area (Å²) in [7, 11) is 0. The van der Waals surface area contributed by atoms with Crippen LogP contribution in [0.4, 0.5) is 13.2 Å². The zero-order valence-electron chi connectivity index (χ0n) is 23.4. The van der Waals surface area contributed by atoms with E-state index in [-0.39, 0.29) is 11.9 Å². The van der Waals surface area contributed by atoms with Gasteiger partial charge in [0.2, 0.25) is 0 Å². The number of hydrogen-bond acceptors (Lipinski definition) is 4. The topological polar surface area (TPSA) is 32.8 Å². The fourth-order valence-electron chi connectivity index (χ4n) is 5.86. The number of carbonyl (C=O) groups excluding carboxylic acids is 1. The second-order valence-corrected chi connectivity index (χ2v) is 12.2. The molecule has 0 bridgehead atoms. The Morgan fingerprint density at radius 3 is 1.98 bits per heavy atom. The van der Waals surface area contributed by atoms with Gasteiger partial charge in [-0.1, -0.05) is 71.7 Å². The lowest BCUT2D eigenvalue weighted by Gasteiger charge is -2.32. The smallest absolute Gasteiger partial charge is 0.416 e. The summed E-state index contributed by atoms with van der Waals surface area (Å²) in [4.78, 5) is 17.7. The molecule has 0 atom stereocenters. The van der Waals surface area contributed by atoms with E-state index in [4.69, 9.17) is 27.9 Å². The first-order valence-corrected chi connectivity index (χ1v) is 15.2. The molecule has 0 spiro atoms. The van der Waals surface area contributed by atoms with Crippen molar-refractivity contribution in [3.05, 3.63) is 99.0 Å². The highest BCUT2D eigenvalue weighted by Gasteiger charge is 2.31. The Morgan fingerprint density at radius 1 is 0.786 bits per heavy atom. The third-order valence-electron chi connectivity index (χ3n) is 8.23. The Kier molecular flexibility index (Phi) is 10.1. The third kappa shape index (κ3) is 8.28. The Morgan fingerprint density at radius 2 is 1.36 bits per heavy atom. The second-order valence-electron chi connectivity index (χ2n) is 11.4. The van der Waals surface area contributed by atoms with Crippen molar-refractivity contribution in [3.8, 4) is 5.75 Å². The van der Waals surface area contributed by atoms with Gasteiger partial charge in [-0.05, 0) is 74.0 Å². The summed E-state index contributed by atoms with van der Waals surface area (Å²) in [5.41, 5.74) is 1.81. The summed E-state index contributed by atoms with van der Waals surface area (Å²) in [6, 6.07) is 19.2. The van der Waals surface area contributed by atoms with Crippen LogP contribution in [0, 0.1) is 5.92 Å². The summed E-state index contributed by atoms with van der Waals surface area (Å²) >= 11 is 13.1. The molecule has 4 nitrogen and oxygen atoms in total. The van der Waals surface area contributed by atoms with E-state index < -0.39 is 11.7 Å². The van der Waals surface area contributed by atoms with E-state index in [2.05, 4.69) is 34.1 Å². The fraction of sp³-hybridized carbons (Fsp3) is 0.424. The molecular formula is C33H35Cl2F3N2O2. The average molecular weight is 620 g/mol. The van der Waals surface area contributed by atoms with Crippen molar-refractivity contribution >= 4 is 29.0 Å². The van der Waals surface area contributed by atoms with Crippen molar-refractivity contribution in [1.82, 2.24) is 9.80 Å². The van der Waals surface area contributed by atoms with Gasteiger partial charge in [0.05, 0.1) is 15.6 Å². The molecule has 0 saturated carbocycles. The van der Waals surface area contributed by atoms with Gasteiger partial charge in [0, 0.05) is 38.2 Å². The number of piperidine rings is 2. The van der Waals surface area contributed by atoms with Gasteiger partial charge in [-0.25, -0.2) is 0 Å². The Labute approximate surface area is 255 Å². The average Bonchev–Trinajstić information content (AvgIpc) is 2.97. The number of rotatable bonds is 9. The number of hydrogen-bond donors (Lipinski definition) is 0. The quantitative estimate of drug-likeness (QED) is 0.225. The molecule has 2 heterocycles. The van der Waals surface area contributed by atoms with Crippen LogP contribution in [0.5, 0.6) is 5.75 Å². The number of carbonyl (C=O) groups is 1. The van der Waals surface area contributed by atoms with Gasteiger partial charge >= 0.3 is 6.18 Å². The van der Waals surface area contributed by atoms with Crippen LogP contribution in [-0.2, 0) is 19.3 Å². The van der Waals surface area contributed by atoms with Crippen LogP contribution in [0.2, 0.25) is 10.0 Å². The monoisotopic (exact) mass is 618 g/mol. The molecule has 0 N–H and O–H groups in total. The molecule has 5 rings (SSSR count). The van der Waals surface area contributed by atoms with Crippen LogP contribution in [-0.4, -0.2) is 47.9 Å². The predicted octanol–water partition coefficient (Wildman–Crippen LogP) is 8.54. The lowest BCUT2D eigenvalue weighted by atomic mass is 9.89. The molecule has 0 radical (unpaired) electrons. The minimum absolute atomic E-state index is 0.0368. The molecular weight excluding hydrogens is 584 g/mol. The van der Waals surface area contributed by atoms with E-state index in [0.29, 0.717) is 71.7 Å². The third-order valence-corrected chi connectivity index (χ3v) is 8.79. The second kappa shape index (κ2) is 13.8. The van der Waals surface area contributed by atoms with Crippen LogP contribution in [0.3, 0.4) is 0 Å². The van der Waals surface area contributed by atoms with Gasteiger partial charge in [-0.2, -0.15) is 13.2 Å². The van der Waals surface area contributed by atoms with E-state index in [1.807, 2.05) is 6.07 Å². The zero-order valence-corrected chi connectivity index (χ0v) is 24.9. The first kappa shape index (κ1) is 30.9. The number of benzene rings is 3. The number of ether oxygens (including phenoxy) is 1. The molecule has 2 fully saturated rings. The lowest BCUT2D eigenvalue weighted by Crippen LogP contribution is -2.37. The molecule has 2 aliphatic heterocycles. The predicted molar refractivity (Wildman–Crippen MR) is 160 cm³/mol. The molecule has 2 aliphatic rings. The number of ketones is 1. The van der Waals surface area contributed by atoms with Crippen molar-refractivity contribution in [2.75, 3.05) is 26.2 Å². The molecule has 3 aromatic carbocycles. The zero-order chi connectivity index (χ0) is 29.7. The maximum Gasteiger partial charge on any atom is 0.416 e. The van der Waals surface area contributed by atoms with E-state index in [9.17, 15) is 18.0 Å². The van der Waals surface area contributed by atoms with Crippen molar-refractivity contribution < 1.29 is 22.7 Å². The number of halogens is 5. The number of alkyl halides is 3. The minimum Gasteiger partial charge on any atom is -0.487 e. The van der Waals surface area contributed by atoms with Crippen LogP contribution < -0.4 is 4.74 Å². The molecule has 42 heavy (non-hydrogen) atoms. The van der Waals surface area contributed by atoms with E-state index in [1.165, 1.54) is 17.7 Å². The van der Waals surface area contributed by atoms with Gasteiger partial charge in [-0.15, -0.1) is 0 Å². The first-order chi connectivity index (χ1) is 20.1. The highest BCUT2D eigenvalue weighted by atomic mass is 35.5. The van der Waals surface area contributed by atoms with Gasteiger partial charge in [0.25, 0.3) is 0 Å². The summed E-state index contributed by atoms with van der Waals surface area (Å²) in [6.07, 6.45) is -0.668. The highest BCUT2D eigenvalue weighted by Crippen LogP contribution is 2.37. The molecule has 2 saturated heterocycles. The molecule has 9 heteroatoms. The van der Waals surface area contributed by atoms with Crippen molar-refractivity contribution in [3.63, 3.8) is 0 Å². The van der Waals surface area contributed by atoms with Gasteiger partial charge in [0.15, 0.2) is 11.5 Å². The Hall–Kier alpha value is -2.58. The SMILES string of the molecule is O=C(CC1CCN(Cc2ccccc2)CC1)c1cc(Cl)c(OC2CCN(Cc3cccc(C(F)(F)F)c3)CC2)c(Cl)c1. The van der Waals surface area contributed by atoms with Gasteiger partial charge in [0.1, 0.15) is 6.10 Å². The Bertz CT molecular complexity index is 1330. The fourth-order valence-corrected chi connectivity index (χ4v) is 6.44. The van der Waals surface area contributed by atoms with Crippen molar-refractivity contribution in [2.24, 2.45) is 5.92 Å². The van der Waals surface area contributed by atoms with Gasteiger partial charge in [-0.3, -0.25) is 14.6 Å². The molecule has 0 amide bonds. The van der Waals surface area contributed by atoms with E-state index in [0.717, 1.165) is 38.5 Å². The van der Waals surface area contributed by atoms with Crippen LogP contribution in [0.15, 0.2) is 66.7 Å². The normalized spacial score (nSPS) is 17.8. The maximum atomic E-state index is 13.1. The van der Waals surface area contributed by atoms with Crippen LogP contribution in [0.1, 0.15) is 59.2 Å². The molecule has 3 aromatic rings. The largest absolute Gasteiger partial charge is 0.487 e. The standard InChI is InChI=1S/C33H35Cl2F3N2O2/c34-29-19-26(31(41)18-23-9-13-39(14-10-23)21-24-5-2-1-3-6-24)20-30(35)32(29)42-28-11-15-40(16-12-28)22-25-7-4-8-27(17-25)33(36,37)38/h1-8,17,19-20,23,28H,9-16,18,21-22H2. The van der Waals surface area contributed by atoms with Crippen LogP contribution >= 0.6 is 23.2 Å². The van der Waals surface area contributed by atoms with Crippen molar-refractivity contribution in [2.45, 2.75) is 57.5 Å². The molecule has 224 valence electrons. The summed E-state index contributed by atoms with van der Waals surface area (Å²) in [6.45, 7) is 4.68. The lowest BCUT2D eigenvalue weighted by molar-refractivity contribution is -0.137. The summed E-state index contributed by atoms with van der Waals surface area (Å²) in [5.74, 6) is 0.745. The summed E-state index contributed by atoms with van der Waals surface area (Å²) in [5, 5.41) is 0.629. The molecule has 0 aromatic heterocycles. The first-order valence-electron chi connectivity index (χ1n) is 14.5. The molecule has 0 aliphatic carbocycles. The Balaban J connectivity index is 1.09.